The van der Waals surface area contributed by atoms with Gasteiger partial charge in [-0.1, -0.05) is 18.5 Å². The topological polar surface area (TPSA) is 97.0 Å². The summed E-state index contributed by atoms with van der Waals surface area (Å²) in [6.45, 7) is 2.12. The summed E-state index contributed by atoms with van der Waals surface area (Å²) in [5.41, 5.74) is 1.58. The summed E-state index contributed by atoms with van der Waals surface area (Å²) in [6, 6.07) is 2.18. The molecule has 146 valence electrons. The number of hydrogen-bond donors (Lipinski definition) is 2. The second-order valence-corrected chi connectivity index (χ2v) is 7.38. The lowest BCUT2D eigenvalue weighted by molar-refractivity contribution is -0.134. The van der Waals surface area contributed by atoms with E-state index >= 15 is 0 Å². The van der Waals surface area contributed by atoms with E-state index in [9.17, 15) is 14.4 Å². The molecule has 1 aromatic rings. The number of halogens is 1. The van der Waals surface area contributed by atoms with Gasteiger partial charge in [-0.05, 0) is 43.7 Å². The molecule has 0 radical (unpaired) electrons. The maximum absolute atomic E-state index is 12.8. The van der Waals surface area contributed by atoms with Crippen LogP contribution >= 0.6 is 11.6 Å². The van der Waals surface area contributed by atoms with Crippen molar-refractivity contribution in [2.24, 2.45) is 5.92 Å². The Kier molecular flexibility index (Phi) is 5.19. The molecule has 0 bridgehead atoms. The summed E-state index contributed by atoms with van der Waals surface area (Å²) >= 11 is 6.12. The molecule has 2 N–H and O–H groups in total. The van der Waals surface area contributed by atoms with Crippen molar-refractivity contribution in [3.63, 3.8) is 0 Å². The Morgan fingerprint density at radius 1 is 1.26 bits per heavy atom. The lowest BCUT2D eigenvalue weighted by atomic mass is 9.77. The lowest BCUT2D eigenvalue weighted by Gasteiger charge is -2.33. The fourth-order valence-corrected chi connectivity index (χ4v) is 3.82. The van der Waals surface area contributed by atoms with E-state index in [1.165, 1.54) is 26.4 Å². The Bertz CT molecular complexity index is 789. The van der Waals surface area contributed by atoms with Crippen molar-refractivity contribution in [3.05, 3.63) is 22.7 Å². The molecule has 2 fully saturated rings. The van der Waals surface area contributed by atoms with Crippen molar-refractivity contribution in [1.82, 2.24) is 15.8 Å². The number of nitrogens with zero attached hydrogens (tertiary/aromatic N) is 1. The molecule has 3 rings (SSSR count). The third kappa shape index (κ3) is 3.41. The van der Waals surface area contributed by atoms with Gasteiger partial charge in [0.25, 0.3) is 11.8 Å². The van der Waals surface area contributed by atoms with E-state index in [1.807, 2.05) is 0 Å². The molecule has 1 aliphatic heterocycles. The number of imide groups is 1. The summed E-state index contributed by atoms with van der Waals surface area (Å²) in [7, 11) is 2.85. The summed E-state index contributed by atoms with van der Waals surface area (Å²) in [5, 5.41) is 3.68. The highest BCUT2D eigenvalue weighted by molar-refractivity contribution is 6.32. The molecular weight excluding hydrogens is 374 g/mol. The largest absolute Gasteiger partial charge is 0.493 e. The zero-order valence-corrected chi connectivity index (χ0v) is 16.2. The quantitative estimate of drug-likeness (QED) is 0.763. The molecule has 1 saturated heterocycles. The summed E-state index contributed by atoms with van der Waals surface area (Å²) in [5.74, 6) is -0.00847. The first-order valence-corrected chi connectivity index (χ1v) is 9.08. The average Bonchev–Trinajstić information content (AvgIpc) is 2.87. The molecule has 1 heterocycles. The van der Waals surface area contributed by atoms with Gasteiger partial charge in [-0.3, -0.25) is 15.0 Å². The number of hydrazine groups is 1. The number of benzene rings is 1. The van der Waals surface area contributed by atoms with Gasteiger partial charge < -0.3 is 14.8 Å². The fraction of sp³-hybridized carbons (Fsp3) is 0.500. The first-order valence-electron chi connectivity index (χ1n) is 8.70. The van der Waals surface area contributed by atoms with Gasteiger partial charge in [0.05, 0.1) is 19.2 Å². The highest BCUT2D eigenvalue weighted by Crippen LogP contribution is 2.37. The van der Waals surface area contributed by atoms with Gasteiger partial charge >= 0.3 is 6.03 Å². The molecular formula is C18H22ClN3O5. The predicted octanol–water partition coefficient (Wildman–Crippen LogP) is 2.50. The van der Waals surface area contributed by atoms with E-state index < -0.39 is 23.4 Å². The van der Waals surface area contributed by atoms with Crippen LogP contribution in [0.5, 0.6) is 11.5 Å². The minimum atomic E-state index is -0.924. The van der Waals surface area contributed by atoms with Gasteiger partial charge in [0.15, 0.2) is 11.5 Å². The van der Waals surface area contributed by atoms with E-state index in [2.05, 4.69) is 17.7 Å². The molecule has 0 atom stereocenters. The Morgan fingerprint density at radius 3 is 2.52 bits per heavy atom. The van der Waals surface area contributed by atoms with Crippen LogP contribution in [0.25, 0.3) is 0 Å². The molecule has 0 aromatic heterocycles. The number of rotatable bonds is 4. The van der Waals surface area contributed by atoms with Crippen molar-refractivity contribution in [3.8, 4) is 11.5 Å². The molecule has 1 saturated carbocycles. The monoisotopic (exact) mass is 395 g/mol. The van der Waals surface area contributed by atoms with Crippen LogP contribution in [0.4, 0.5) is 4.79 Å². The van der Waals surface area contributed by atoms with Crippen molar-refractivity contribution < 1.29 is 23.9 Å². The van der Waals surface area contributed by atoms with Gasteiger partial charge in [0.2, 0.25) is 0 Å². The molecule has 1 aromatic carbocycles. The van der Waals surface area contributed by atoms with Crippen LogP contribution in [0.2, 0.25) is 5.02 Å². The van der Waals surface area contributed by atoms with Crippen LogP contribution in [0.1, 0.15) is 43.0 Å². The SMILES string of the molecule is COc1cc(C(=O)NN2C(=O)NC3(CCC(C)CC3)C2=O)cc(Cl)c1OC. The van der Waals surface area contributed by atoms with Crippen LogP contribution in [0.3, 0.4) is 0 Å². The van der Waals surface area contributed by atoms with Crippen molar-refractivity contribution in [1.29, 1.82) is 0 Å². The molecule has 0 unspecified atom stereocenters. The molecule has 8 nitrogen and oxygen atoms in total. The highest BCUT2D eigenvalue weighted by Gasteiger charge is 2.52. The number of amides is 4. The Labute approximate surface area is 162 Å². The van der Waals surface area contributed by atoms with Crippen LogP contribution in [0, 0.1) is 5.92 Å². The molecule has 1 spiro atoms. The lowest BCUT2D eigenvalue weighted by Crippen LogP contribution is -2.51. The van der Waals surface area contributed by atoms with Crippen LogP contribution < -0.4 is 20.2 Å². The third-order valence-electron chi connectivity index (χ3n) is 5.20. The summed E-state index contributed by atoms with van der Waals surface area (Å²) in [6.07, 6.45) is 2.82. The normalized spacial score (nSPS) is 24.7. The maximum Gasteiger partial charge on any atom is 0.344 e. The highest BCUT2D eigenvalue weighted by atomic mass is 35.5. The number of carbonyl (C=O) groups is 3. The van der Waals surface area contributed by atoms with Crippen LogP contribution in [0.15, 0.2) is 12.1 Å². The molecule has 27 heavy (non-hydrogen) atoms. The summed E-state index contributed by atoms with van der Waals surface area (Å²) < 4.78 is 10.3. The number of methoxy groups -OCH3 is 2. The van der Waals surface area contributed by atoms with Crippen LogP contribution in [-0.4, -0.2) is 42.6 Å². The van der Waals surface area contributed by atoms with Gasteiger partial charge in [0.1, 0.15) is 5.54 Å². The van der Waals surface area contributed by atoms with Crippen molar-refractivity contribution >= 4 is 29.4 Å². The first kappa shape index (κ1) is 19.3. The number of urea groups is 1. The first-order chi connectivity index (χ1) is 12.8. The van der Waals surface area contributed by atoms with Gasteiger partial charge in [0, 0.05) is 5.56 Å². The van der Waals surface area contributed by atoms with E-state index in [0.29, 0.717) is 24.5 Å². The second kappa shape index (κ2) is 7.26. The third-order valence-corrected chi connectivity index (χ3v) is 5.48. The number of carbonyl (C=O) groups excluding carboxylic acids is 3. The van der Waals surface area contributed by atoms with E-state index in [-0.39, 0.29) is 16.3 Å². The van der Waals surface area contributed by atoms with Gasteiger partial charge in [-0.25, -0.2) is 4.79 Å². The molecule has 9 heteroatoms. The fourth-order valence-electron chi connectivity index (χ4n) is 3.53. The van der Waals surface area contributed by atoms with Gasteiger partial charge in [-0.15, -0.1) is 0 Å². The smallest absolute Gasteiger partial charge is 0.344 e. The standard InChI is InChI=1S/C18H22ClN3O5/c1-10-4-6-18(7-5-10)16(24)22(17(25)20-18)21-15(23)11-8-12(19)14(27-3)13(9-11)26-2/h8-10H,4-7H2,1-3H3,(H,20,25)(H,21,23). The van der Waals surface area contributed by atoms with E-state index in [0.717, 1.165) is 17.9 Å². The minimum Gasteiger partial charge on any atom is -0.493 e. The molecule has 1 aliphatic carbocycles. The zero-order chi connectivity index (χ0) is 19.8. The Balaban J connectivity index is 1.79. The Hall–Kier alpha value is -2.48. The van der Waals surface area contributed by atoms with E-state index in [4.69, 9.17) is 21.1 Å². The zero-order valence-electron chi connectivity index (χ0n) is 15.4. The molecule has 2 aliphatic rings. The number of ether oxygens (including phenoxy) is 2. The minimum absolute atomic E-state index is 0.136. The maximum atomic E-state index is 12.8. The summed E-state index contributed by atoms with van der Waals surface area (Å²) in [4.78, 5) is 37.7. The van der Waals surface area contributed by atoms with Crippen molar-refractivity contribution in [2.75, 3.05) is 14.2 Å². The Morgan fingerprint density at radius 2 is 1.93 bits per heavy atom. The number of nitrogens with one attached hydrogen (secondary N) is 2. The predicted molar refractivity (Wildman–Crippen MR) is 97.8 cm³/mol. The van der Waals surface area contributed by atoms with Crippen molar-refractivity contribution in [2.45, 2.75) is 38.1 Å². The van der Waals surface area contributed by atoms with Crippen LogP contribution in [-0.2, 0) is 4.79 Å². The second-order valence-electron chi connectivity index (χ2n) is 6.97. The molecule has 4 amide bonds. The average molecular weight is 396 g/mol. The van der Waals surface area contributed by atoms with Gasteiger partial charge in [-0.2, -0.15) is 5.01 Å². The van der Waals surface area contributed by atoms with E-state index in [1.54, 1.807) is 0 Å². The number of hydrogen-bond acceptors (Lipinski definition) is 5.